The lowest BCUT2D eigenvalue weighted by molar-refractivity contribution is 0.173. The van der Waals surface area contributed by atoms with E-state index in [4.69, 9.17) is 21.1 Å². The molecule has 0 amide bonds. The minimum absolute atomic E-state index is 0.297. The molecule has 0 saturated heterocycles. The molecule has 0 aliphatic carbocycles. The molecule has 4 heteroatoms. The number of hydrogen-bond donors (Lipinski definition) is 0. The molecule has 0 fully saturated rings. The molecule has 0 N–H and O–H groups in total. The summed E-state index contributed by atoms with van der Waals surface area (Å²) in [5, 5.41) is 0.704. The molecular weight excluding hydrogens is 278 g/mol. The molecule has 1 aromatic rings. The van der Waals surface area contributed by atoms with Gasteiger partial charge in [0.05, 0.1) is 8.59 Å². The Morgan fingerprint density at radius 3 is 3.00 bits per heavy atom. The molecule has 0 spiro atoms. The molecule has 1 aliphatic rings. The number of hydrogen-bond acceptors (Lipinski definition) is 2. The predicted molar refractivity (Wildman–Crippen MR) is 50.3 cm³/mol. The molecule has 0 radical (unpaired) electrons. The van der Waals surface area contributed by atoms with Gasteiger partial charge in [0.25, 0.3) is 0 Å². The van der Waals surface area contributed by atoms with Crippen molar-refractivity contribution in [3.8, 4) is 11.5 Å². The van der Waals surface area contributed by atoms with E-state index < -0.39 is 0 Å². The average molecular weight is 282 g/mol. The van der Waals surface area contributed by atoms with E-state index in [9.17, 15) is 0 Å². The Bertz CT molecular complexity index is 301. The van der Waals surface area contributed by atoms with Crippen LogP contribution in [-0.4, -0.2) is 6.79 Å². The number of halogens is 2. The van der Waals surface area contributed by atoms with Crippen LogP contribution in [0, 0.1) is 3.57 Å². The monoisotopic (exact) mass is 282 g/mol. The molecule has 0 atom stereocenters. The van der Waals surface area contributed by atoms with Crippen LogP contribution in [0.15, 0.2) is 12.1 Å². The first kappa shape index (κ1) is 7.49. The highest BCUT2D eigenvalue weighted by molar-refractivity contribution is 14.1. The Morgan fingerprint density at radius 2 is 2.18 bits per heavy atom. The Labute approximate surface area is 82.6 Å². The molecule has 1 heterocycles. The van der Waals surface area contributed by atoms with Crippen LogP contribution in [0.2, 0.25) is 5.02 Å². The van der Waals surface area contributed by atoms with Crippen LogP contribution < -0.4 is 9.47 Å². The lowest BCUT2D eigenvalue weighted by Gasteiger charge is -1.99. The predicted octanol–water partition coefficient (Wildman–Crippen LogP) is 2.67. The number of ether oxygens (including phenoxy) is 2. The summed E-state index contributed by atoms with van der Waals surface area (Å²) in [5.74, 6) is 1.54. The van der Waals surface area contributed by atoms with Crippen LogP contribution in [-0.2, 0) is 0 Å². The second kappa shape index (κ2) is 2.71. The molecule has 1 aromatic carbocycles. The smallest absolute Gasteiger partial charge is 0.231 e. The zero-order chi connectivity index (χ0) is 7.84. The van der Waals surface area contributed by atoms with Crippen LogP contribution in [0.4, 0.5) is 0 Å². The number of fused-ring (bicyclic) bond motifs is 1. The van der Waals surface area contributed by atoms with Gasteiger partial charge in [0.2, 0.25) is 6.79 Å². The first-order valence-electron chi connectivity index (χ1n) is 3.02. The van der Waals surface area contributed by atoms with Crippen LogP contribution in [0.3, 0.4) is 0 Å². The van der Waals surface area contributed by atoms with Gasteiger partial charge in [-0.1, -0.05) is 11.6 Å². The minimum Gasteiger partial charge on any atom is -0.454 e. The van der Waals surface area contributed by atoms with Crippen molar-refractivity contribution >= 4 is 34.2 Å². The Hall–Kier alpha value is -0.160. The molecule has 58 valence electrons. The third-order valence-electron chi connectivity index (χ3n) is 1.43. The van der Waals surface area contributed by atoms with Crippen LogP contribution >= 0.6 is 34.2 Å². The van der Waals surface area contributed by atoms with E-state index in [1.165, 1.54) is 0 Å². The number of benzene rings is 1. The zero-order valence-electron chi connectivity index (χ0n) is 5.43. The highest BCUT2D eigenvalue weighted by atomic mass is 127. The van der Waals surface area contributed by atoms with Crippen molar-refractivity contribution in [3.05, 3.63) is 20.7 Å². The van der Waals surface area contributed by atoms with Crippen molar-refractivity contribution in [3.63, 3.8) is 0 Å². The second-order valence-corrected chi connectivity index (χ2v) is 3.58. The summed E-state index contributed by atoms with van der Waals surface area (Å²) in [6.07, 6.45) is 0. The van der Waals surface area contributed by atoms with Gasteiger partial charge >= 0.3 is 0 Å². The van der Waals surface area contributed by atoms with E-state index in [1.807, 2.05) is 6.07 Å². The Kier molecular flexibility index (Phi) is 1.85. The molecule has 2 nitrogen and oxygen atoms in total. The fraction of sp³-hybridized carbons (Fsp3) is 0.143. The van der Waals surface area contributed by atoms with Crippen molar-refractivity contribution in [2.45, 2.75) is 0 Å². The van der Waals surface area contributed by atoms with E-state index in [0.29, 0.717) is 11.8 Å². The topological polar surface area (TPSA) is 18.5 Å². The Morgan fingerprint density at radius 1 is 1.36 bits per heavy atom. The Balaban J connectivity index is 2.62. The van der Waals surface area contributed by atoms with E-state index in [0.717, 1.165) is 15.1 Å². The maximum Gasteiger partial charge on any atom is 0.231 e. The first-order valence-corrected chi connectivity index (χ1v) is 4.48. The van der Waals surface area contributed by atoms with Crippen molar-refractivity contribution < 1.29 is 9.47 Å². The summed E-state index contributed by atoms with van der Waals surface area (Å²) >= 11 is 7.98. The molecule has 2 rings (SSSR count). The van der Waals surface area contributed by atoms with E-state index in [1.54, 1.807) is 6.07 Å². The van der Waals surface area contributed by atoms with Gasteiger partial charge in [0, 0.05) is 0 Å². The largest absolute Gasteiger partial charge is 0.454 e. The molecule has 0 aromatic heterocycles. The summed E-state index contributed by atoms with van der Waals surface area (Å²) in [6.45, 7) is 0.297. The third-order valence-corrected chi connectivity index (χ3v) is 3.14. The van der Waals surface area contributed by atoms with Gasteiger partial charge in [-0.2, -0.15) is 0 Å². The first-order chi connectivity index (χ1) is 5.29. The zero-order valence-corrected chi connectivity index (χ0v) is 8.35. The number of rotatable bonds is 0. The van der Waals surface area contributed by atoms with Crippen LogP contribution in [0.5, 0.6) is 11.5 Å². The summed E-state index contributed by atoms with van der Waals surface area (Å²) in [7, 11) is 0. The molecule has 1 aliphatic heterocycles. The van der Waals surface area contributed by atoms with Gasteiger partial charge in [-0.15, -0.1) is 0 Å². The lowest BCUT2D eigenvalue weighted by atomic mass is 10.3. The summed E-state index contributed by atoms with van der Waals surface area (Å²) in [6, 6.07) is 3.61. The van der Waals surface area contributed by atoms with Crippen LogP contribution in [0.25, 0.3) is 0 Å². The normalized spacial score (nSPS) is 13.6. The molecule has 0 unspecified atom stereocenters. The van der Waals surface area contributed by atoms with Gasteiger partial charge in [0.1, 0.15) is 0 Å². The van der Waals surface area contributed by atoms with Crippen molar-refractivity contribution in [1.29, 1.82) is 0 Å². The van der Waals surface area contributed by atoms with Crippen molar-refractivity contribution in [2.75, 3.05) is 6.79 Å². The summed E-state index contributed by atoms with van der Waals surface area (Å²) < 4.78 is 11.3. The van der Waals surface area contributed by atoms with E-state index in [-0.39, 0.29) is 0 Å². The maximum atomic E-state index is 5.85. The maximum absolute atomic E-state index is 5.85. The summed E-state index contributed by atoms with van der Waals surface area (Å²) in [5.41, 5.74) is 0. The third kappa shape index (κ3) is 1.16. The van der Waals surface area contributed by atoms with Gasteiger partial charge in [-0.3, -0.25) is 0 Å². The van der Waals surface area contributed by atoms with E-state index in [2.05, 4.69) is 22.6 Å². The van der Waals surface area contributed by atoms with Gasteiger partial charge < -0.3 is 9.47 Å². The van der Waals surface area contributed by atoms with Gasteiger partial charge in [-0.05, 0) is 34.7 Å². The van der Waals surface area contributed by atoms with Gasteiger partial charge in [-0.25, -0.2) is 0 Å². The SMILES string of the molecule is Clc1ccc2c(c1I)OCO2. The quantitative estimate of drug-likeness (QED) is 0.681. The summed E-state index contributed by atoms with van der Waals surface area (Å²) in [4.78, 5) is 0. The average Bonchev–Trinajstić information content (AvgIpc) is 2.45. The van der Waals surface area contributed by atoms with Crippen molar-refractivity contribution in [2.24, 2.45) is 0 Å². The lowest BCUT2D eigenvalue weighted by Crippen LogP contribution is -1.93. The molecule has 11 heavy (non-hydrogen) atoms. The van der Waals surface area contributed by atoms with Gasteiger partial charge in [0.15, 0.2) is 11.5 Å². The van der Waals surface area contributed by atoms with Crippen LogP contribution in [0.1, 0.15) is 0 Å². The fourth-order valence-electron chi connectivity index (χ4n) is 0.914. The highest BCUT2D eigenvalue weighted by Gasteiger charge is 2.17. The standard InChI is InChI=1S/C7H4ClIO2/c8-4-1-2-5-7(6(4)9)11-3-10-5/h1-2H,3H2. The second-order valence-electron chi connectivity index (χ2n) is 2.10. The molecule has 0 bridgehead atoms. The fourth-order valence-corrected chi connectivity index (χ4v) is 1.66. The van der Waals surface area contributed by atoms with E-state index >= 15 is 0 Å². The highest BCUT2D eigenvalue weighted by Crippen LogP contribution is 2.39. The van der Waals surface area contributed by atoms with Crippen molar-refractivity contribution in [1.82, 2.24) is 0 Å². The molecular formula is C7H4ClIO2. The molecule has 0 saturated carbocycles. The minimum atomic E-state index is 0.297.